The number of rotatable bonds is 21. The Balaban J connectivity index is 4.15. The van der Waals surface area contributed by atoms with Gasteiger partial charge < -0.3 is 25.7 Å². The molecule has 0 aliphatic carbocycles. The number of hydrogen-bond acceptors (Lipinski definition) is 5. The highest BCUT2D eigenvalue weighted by atomic mass is 16.3. The van der Waals surface area contributed by atoms with Crippen molar-refractivity contribution in [3.63, 3.8) is 0 Å². The van der Waals surface area contributed by atoms with Gasteiger partial charge in [0, 0.05) is 0 Å². The number of unbranched alkanes of at least 4 members (excludes halogenated alkanes) is 8. The first kappa shape index (κ1) is 30.8. The van der Waals surface area contributed by atoms with Gasteiger partial charge in [-0.3, -0.25) is 4.79 Å². The maximum atomic E-state index is 12.2. The largest absolute Gasteiger partial charge is 0.394 e. The molecule has 0 aliphatic rings. The average molecular weight is 456 g/mol. The average Bonchev–Trinajstić information content (AvgIpc) is 2.79. The second-order valence-corrected chi connectivity index (χ2v) is 8.67. The fraction of sp³-hybridized carbons (Fsp3) is 0.808. The van der Waals surface area contributed by atoms with Crippen LogP contribution in [-0.2, 0) is 4.79 Å². The first-order valence-electron chi connectivity index (χ1n) is 12.7. The highest BCUT2D eigenvalue weighted by Gasteiger charge is 2.28. The summed E-state index contributed by atoms with van der Waals surface area (Å²) in [5, 5.41) is 42.6. The van der Waals surface area contributed by atoms with Gasteiger partial charge in [-0.1, -0.05) is 70.3 Å². The van der Waals surface area contributed by atoms with E-state index in [1.165, 1.54) is 38.5 Å². The van der Waals surface area contributed by atoms with E-state index in [0.717, 1.165) is 25.7 Å². The summed E-state index contributed by atoms with van der Waals surface area (Å²) in [5.41, 5.74) is 0. The zero-order chi connectivity index (χ0) is 24.0. The van der Waals surface area contributed by atoms with E-state index >= 15 is 0 Å². The molecule has 6 nitrogen and oxygen atoms in total. The Labute approximate surface area is 195 Å². The molecule has 0 saturated heterocycles. The van der Waals surface area contributed by atoms with Crippen molar-refractivity contribution in [3.8, 4) is 0 Å². The third-order valence-electron chi connectivity index (χ3n) is 5.64. The van der Waals surface area contributed by atoms with Crippen molar-refractivity contribution >= 4 is 5.91 Å². The van der Waals surface area contributed by atoms with Crippen LogP contribution in [0.1, 0.15) is 104 Å². The lowest BCUT2D eigenvalue weighted by molar-refractivity contribution is -0.132. The number of carbonyl (C=O) groups is 1. The highest BCUT2D eigenvalue weighted by molar-refractivity contribution is 5.80. The van der Waals surface area contributed by atoms with E-state index in [4.69, 9.17) is 0 Å². The molecule has 0 fully saturated rings. The molecule has 1 amide bonds. The first-order valence-corrected chi connectivity index (χ1v) is 12.7. The lowest BCUT2D eigenvalue weighted by atomic mass is 10.0. The molecule has 188 valence electrons. The van der Waals surface area contributed by atoms with E-state index < -0.39 is 36.9 Å². The monoisotopic (exact) mass is 455 g/mol. The molecule has 0 aromatic rings. The Bertz CT molecular complexity index is 495. The fourth-order valence-electron chi connectivity index (χ4n) is 3.46. The van der Waals surface area contributed by atoms with Crippen LogP contribution in [0.15, 0.2) is 24.3 Å². The zero-order valence-corrected chi connectivity index (χ0v) is 20.4. The normalized spacial score (nSPS) is 15.8. The predicted octanol–water partition coefficient (Wildman–Crippen LogP) is 4.16. The van der Waals surface area contributed by atoms with Gasteiger partial charge in [-0.2, -0.15) is 0 Å². The Morgan fingerprint density at radius 2 is 1.28 bits per heavy atom. The molecule has 0 radical (unpaired) electrons. The van der Waals surface area contributed by atoms with E-state index in [9.17, 15) is 25.2 Å². The van der Waals surface area contributed by atoms with Gasteiger partial charge in [-0.15, -0.1) is 0 Å². The molecule has 0 spiro atoms. The number of aliphatic hydroxyl groups excluding tert-OH is 4. The molecule has 0 heterocycles. The van der Waals surface area contributed by atoms with E-state index in [1.807, 2.05) is 6.08 Å². The van der Waals surface area contributed by atoms with Crippen LogP contribution in [-0.4, -0.2) is 57.3 Å². The molecule has 4 unspecified atom stereocenters. The molecular formula is C26H49NO5. The summed E-state index contributed by atoms with van der Waals surface area (Å²) in [7, 11) is 0. The summed E-state index contributed by atoms with van der Waals surface area (Å²) in [6, 6.07) is -1.01. The van der Waals surface area contributed by atoms with Crippen molar-refractivity contribution in [1.29, 1.82) is 0 Å². The van der Waals surface area contributed by atoms with Crippen molar-refractivity contribution in [2.24, 2.45) is 0 Å². The number of hydrogen-bond donors (Lipinski definition) is 5. The molecule has 6 heteroatoms. The van der Waals surface area contributed by atoms with Gasteiger partial charge in [0.15, 0.2) is 0 Å². The lowest BCUT2D eigenvalue weighted by Gasteiger charge is -2.27. The van der Waals surface area contributed by atoms with Gasteiger partial charge in [-0.05, 0) is 57.8 Å². The quantitative estimate of drug-likeness (QED) is 0.132. The topological polar surface area (TPSA) is 110 Å². The van der Waals surface area contributed by atoms with Crippen LogP contribution < -0.4 is 5.32 Å². The van der Waals surface area contributed by atoms with Gasteiger partial charge in [0.1, 0.15) is 12.2 Å². The van der Waals surface area contributed by atoms with Gasteiger partial charge in [0.05, 0.1) is 18.8 Å². The van der Waals surface area contributed by atoms with Gasteiger partial charge >= 0.3 is 0 Å². The number of carbonyl (C=O) groups excluding carboxylic acids is 1. The number of amides is 1. The summed E-state index contributed by atoms with van der Waals surface area (Å²) in [4.78, 5) is 12.2. The van der Waals surface area contributed by atoms with Crippen molar-refractivity contribution < 1.29 is 25.2 Å². The molecular weight excluding hydrogens is 406 g/mol. The van der Waals surface area contributed by atoms with Gasteiger partial charge in [0.25, 0.3) is 0 Å². The van der Waals surface area contributed by atoms with Crippen LogP contribution in [0.2, 0.25) is 0 Å². The van der Waals surface area contributed by atoms with Crippen molar-refractivity contribution in [2.45, 2.75) is 128 Å². The summed E-state index contributed by atoms with van der Waals surface area (Å²) >= 11 is 0. The molecule has 0 aliphatic heterocycles. The molecule has 5 N–H and O–H groups in total. The van der Waals surface area contributed by atoms with E-state index in [0.29, 0.717) is 19.3 Å². The number of nitrogens with one attached hydrogen (secondary N) is 1. The molecule has 0 bridgehead atoms. The third-order valence-corrected chi connectivity index (χ3v) is 5.64. The van der Waals surface area contributed by atoms with E-state index in [-0.39, 0.29) is 6.42 Å². The third kappa shape index (κ3) is 16.4. The Morgan fingerprint density at radius 3 is 1.88 bits per heavy atom. The minimum Gasteiger partial charge on any atom is -0.394 e. The second kappa shape index (κ2) is 21.6. The van der Waals surface area contributed by atoms with Crippen LogP contribution in [0, 0.1) is 0 Å². The molecule has 0 saturated carbocycles. The summed E-state index contributed by atoms with van der Waals surface area (Å²) < 4.78 is 0. The maximum absolute atomic E-state index is 12.2. The summed E-state index contributed by atoms with van der Waals surface area (Å²) in [6.45, 7) is 3.84. The van der Waals surface area contributed by atoms with Gasteiger partial charge in [0.2, 0.25) is 5.91 Å². The van der Waals surface area contributed by atoms with Crippen LogP contribution in [0.3, 0.4) is 0 Å². The molecule has 0 rings (SSSR count). The second-order valence-electron chi connectivity index (χ2n) is 8.67. The van der Waals surface area contributed by atoms with Crippen molar-refractivity contribution in [1.82, 2.24) is 5.32 Å². The van der Waals surface area contributed by atoms with Crippen LogP contribution >= 0.6 is 0 Å². The predicted molar refractivity (Wildman–Crippen MR) is 131 cm³/mol. The number of allylic oxidation sites excluding steroid dienone is 4. The van der Waals surface area contributed by atoms with E-state index in [1.54, 1.807) is 0 Å². The minimum absolute atomic E-state index is 0.276. The van der Waals surface area contributed by atoms with E-state index in [2.05, 4.69) is 37.4 Å². The van der Waals surface area contributed by atoms with Crippen LogP contribution in [0.5, 0.6) is 0 Å². The molecule has 0 aromatic carbocycles. The smallest absolute Gasteiger partial charge is 0.249 e. The van der Waals surface area contributed by atoms with Gasteiger partial charge in [-0.25, -0.2) is 0 Å². The molecule has 32 heavy (non-hydrogen) atoms. The Kier molecular flexibility index (Phi) is 20.8. The summed E-state index contributed by atoms with van der Waals surface area (Å²) in [5.74, 6) is -0.637. The first-order chi connectivity index (χ1) is 15.5. The van der Waals surface area contributed by atoms with Crippen LogP contribution in [0.4, 0.5) is 0 Å². The SMILES string of the molecule is CCCCC/C=C/CCCC(O)C(O)C(CO)NC(=O)C(O)CC/C=C\CCCCCC. The highest BCUT2D eigenvalue weighted by Crippen LogP contribution is 2.11. The minimum atomic E-state index is -1.28. The summed E-state index contributed by atoms with van der Waals surface area (Å²) in [6.07, 6.45) is 18.0. The lowest BCUT2D eigenvalue weighted by Crippen LogP contribution is -2.53. The van der Waals surface area contributed by atoms with Crippen molar-refractivity contribution in [3.05, 3.63) is 24.3 Å². The van der Waals surface area contributed by atoms with Crippen LogP contribution in [0.25, 0.3) is 0 Å². The van der Waals surface area contributed by atoms with Crippen molar-refractivity contribution in [2.75, 3.05) is 6.61 Å². The molecule has 0 aromatic heterocycles. The zero-order valence-electron chi connectivity index (χ0n) is 20.4. The maximum Gasteiger partial charge on any atom is 0.249 e. The standard InChI is InChI=1S/C26H49NO5/c1-3-5-7-9-11-13-15-17-19-23(29)25(31)22(21-28)27-26(32)24(30)20-18-16-14-12-10-8-6-4-2/h11,13-14,16,22-25,28-31H,3-10,12,15,17-21H2,1-2H3,(H,27,32)/b13-11+,16-14-. The fourth-order valence-corrected chi connectivity index (χ4v) is 3.46. The Morgan fingerprint density at radius 1 is 0.750 bits per heavy atom. The number of aliphatic hydroxyl groups is 4. The molecule has 4 atom stereocenters. The Hall–Kier alpha value is -1.21.